The molecule has 0 bridgehead atoms. The van der Waals surface area contributed by atoms with Gasteiger partial charge >= 0.3 is 0 Å². The van der Waals surface area contributed by atoms with Gasteiger partial charge < -0.3 is 23.9 Å². The predicted octanol–water partition coefficient (Wildman–Crippen LogP) is 4.05. The van der Waals surface area contributed by atoms with Gasteiger partial charge in [0.1, 0.15) is 0 Å². The molecule has 4 rings (SSSR count). The maximum Gasteiger partial charge on any atom is 0.277 e. The largest absolute Gasteiger partial charge is 0.493 e. The van der Waals surface area contributed by atoms with Crippen LogP contribution in [0.5, 0.6) is 17.2 Å². The van der Waals surface area contributed by atoms with E-state index in [0.29, 0.717) is 33.9 Å². The van der Waals surface area contributed by atoms with Crippen LogP contribution in [0.2, 0.25) is 0 Å². The smallest absolute Gasteiger partial charge is 0.277 e. The van der Waals surface area contributed by atoms with Crippen LogP contribution in [0.4, 0.5) is 0 Å². The standard InChI is InChI=1S/C23H25N3O5S/c1-28-18-11-15(12-19(29-2)21(18)30-3)22-25-26-23(31-22)32-13-20(27)24-17-10-6-8-14-7-4-5-9-16(14)17/h4-5,7,9,11-12,17H,6,8,10,13H2,1-3H3,(H,24,27). The number of benzene rings is 2. The lowest BCUT2D eigenvalue weighted by Gasteiger charge is -2.26. The third-order valence-corrected chi connectivity index (χ3v) is 6.17. The number of rotatable bonds is 8. The van der Waals surface area contributed by atoms with E-state index in [0.717, 1.165) is 19.3 Å². The van der Waals surface area contributed by atoms with E-state index >= 15 is 0 Å². The lowest BCUT2D eigenvalue weighted by molar-refractivity contribution is -0.119. The predicted molar refractivity (Wildman–Crippen MR) is 120 cm³/mol. The van der Waals surface area contributed by atoms with Gasteiger partial charge in [0, 0.05) is 5.56 Å². The van der Waals surface area contributed by atoms with Crippen molar-refractivity contribution in [3.05, 3.63) is 47.5 Å². The first-order valence-electron chi connectivity index (χ1n) is 10.3. The molecule has 0 fully saturated rings. The molecule has 8 nitrogen and oxygen atoms in total. The number of nitrogens with zero attached hydrogens (tertiary/aromatic N) is 2. The molecule has 1 atom stereocenters. The average molecular weight is 456 g/mol. The van der Waals surface area contributed by atoms with Crippen molar-refractivity contribution in [2.24, 2.45) is 0 Å². The van der Waals surface area contributed by atoms with E-state index in [4.69, 9.17) is 18.6 Å². The highest BCUT2D eigenvalue weighted by Crippen LogP contribution is 2.41. The Bertz CT molecular complexity index is 1080. The van der Waals surface area contributed by atoms with E-state index in [1.165, 1.54) is 22.9 Å². The molecule has 0 saturated heterocycles. The third-order valence-electron chi connectivity index (χ3n) is 5.35. The molecule has 0 saturated carbocycles. The van der Waals surface area contributed by atoms with Crippen LogP contribution in [0.25, 0.3) is 11.5 Å². The van der Waals surface area contributed by atoms with E-state index < -0.39 is 0 Å². The number of carbonyl (C=O) groups excluding carboxylic acids is 1. The van der Waals surface area contributed by atoms with Gasteiger partial charge in [0.2, 0.25) is 17.5 Å². The Morgan fingerprint density at radius 3 is 2.59 bits per heavy atom. The van der Waals surface area contributed by atoms with E-state index in [9.17, 15) is 4.79 Å². The Morgan fingerprint density at radius 2 is 1.88 bits per heavy atom. The summed E-state index contributed by atoms with van der Waals surface area (Å²) in [5.74, 6) is 1.88. The summed E-state index contributed by atoms with van der Waals surface area (Å²) in [7, 11) is 4.62. The molecular weight excluding hydrogens is 430 g/mol. The molecule has 2 aromatic carbocycles. The van der Waals surface area contributed by atoms with Crippen molar-refractivity contribution in [2.75, 3.05) is 27.1 Å². The lowest BCUT2D eigenvalue weighted by Crippen LogP contribution is -2.32. The molecule has 1 heterocycles. The highest BCUT2D eigenvalue weighted by Gasteiger charge is 2.22. The van der Waals surface area contributed by atoms with Crippen LogP contribution in [0.15, 0.2) is 46.0 Å². The zero-order chi connectivity index (χ0) is 22.5. The molecule has 1 aliphatic carbocycles. The van der Waals surface area contributed by atoms with E-state index in [1.54, 1.807) is 33.5 Å². The van der Waals surface area contributed by atoms with Crippen molar-refractivity contribution in [1.29, 1.82) is 0 Å². The topological polar surface area (TPSA) is 95.7 Å². The Hall–Kier alpha value is -3.20. The van der Waals surface area contributed by atoms with Gasteiger partial charge in [-0.05, 0) is 42.5 Å². The van der Waals surface area contributed by atoms with Crippen molar-refractivity contribution >= 4 is 17.7 Å². The second kappa shape index (κ2) is 9.95. The van der Waals surface area contributed by atoms with Gasteiger partial charge in [-0.15, -0.1) is 10.2 Å². The normalized spacial score (nSPS) is 15.0. The van der Waals surface area contributed by atoms with Gasteiger partial charge in [-0.3, -0.25) is 4.79 Å². The quantitative estimate of drug-likeness (QED) is 0.508. The first kappa shape index (κ1) is 22.0. The number of hydrogen-bond acceptors (Lipinski definition) is 8. The Balaban J connectivity index is 1.41. The van der Waals surface area contributed by atoms with Gasteiger partial charge in [0.05, 0.1) is 33.1 Å². The summed E-state index contributed by atoms with van der Waals surface area (Å²) >= 11 is 1.20. The first-order chi connectivity index (χ1) is 15.6. The Labute approximate surface area is 190 Å². The highest BCUT2D eigenvalue weighted by molar-refractivity contribution is 7.99. The number of ether oxygens (including phenoxy) is 3. The number of carbonyl (C=O) groups is 1. The fourth-order valence-electron chi connectivity index (χ4n) is 3.86. The first-order valence-corrected chi connectivity index (χ1v) is 11.2. The Morgan fingerprint density at radius 1 is 1.12 bits per heavy atom. The minimum absolute atomic E-state index is 0.0468. The van der Waals surface area contributed by atoms with Crippen LogP contribution in [-0.4, -0.2) is 43.2 Å². The number of hydrogen-bond donors (Lipinski definition) is 1. The van der Waals surface area contributed by atoms with Gasteiger partial charge in [-0.2, -0.15) is 0 Å². The zero-order valence-corrected chi connectivity index (χ0v) is 19.0. The molecule has 0 radical (unpaired) electrons. The molecule has 1 aliphatic rings. The molecule has 1 amide bonds. The summed E-state index contributed by atoms with van der Waals surface area (Å²) < 4.78 is 21.8. The molecule has 1 aromatic heterocycles. The minimum atomic E-state index is -0.0655. The van der Waals surface area contributed by atoms with Crippen molar-refractivity contribution < 1.29 is 23.4 Å². The van der Waals surface area contributed by atoms with Crippen LogP contribution in [0.3, 0.4) is 0 Å². The van der Waals surface area contributed by atoms with Crippen molar-refractivity contribution in [2.45, 2.75) is 30.5 Å². The average Bonchev–Trinajstić information content (AvgIpc) is 3.31. The third kappa shape index (κ3) is 4.67. The highest BCUT2D eigenvalue weighted by atomic mass is 32.2. The number of nitrogens with one attached hydrogen (secondary N) is 1. The SMILES string of the molecule is COc1cc(-c2nnc(SCC(=O)NC3CCCc4ccccc43)o2)cc(OC)c1OC. The summed E-state index contributed by atoms with van der Waals surface area (Å²) in [6.07, 6.45) is 3.07. The maximum atomic E-state index is 12.5. The summed E-state index contributed by atoms with van der Waals surface area (Å²) in [6.45, 7) is 0. The number of thioether (sulfide) groups is 1. The molecule has 1 N–H and O–H groups in total. The van der Waals surface area contributed by atoms with Crippen LogP contribution >= 0.6 is 11.8 Å². The van der Waals surface area contributed by atoms with Crippen LogP contribution < -0.4 is 19.5 Å². The summed E-state index contributed by atoms with van der Waals surface area (Å²) in [4.78, 5) is 12.5. The van der Waals surface area contributed by atoms with Gasteiger partial charge in [-0.25, -0.2) is 0 Å². The number of amides is 1. The Kier molecular flexibility index (Phi) is 6.84. The number of fused-ring (bicyclic) bond motifs is 1. The molecule has 9 heteroatoms. The fourth-order valence-corrected chi connectivity index (χ4v) is 4.43. The maximum absolute atomic E-state index is 12.5. The second-order valence-corrected chi connectivity index (χ2v) is 8.21. The number of aryl methyl sites for hydroxylation is 1. The van der Waals surface area contributed by atoms with E-state index in [2.05, 4.69) is 27.6 Å². The molecule has 0 aliphatic heterocycles. The molecule has 3 aromatic rings. The van der Waals surface area contributed by atoms with Crippen molar-refractivity contribution in [3.63, 3.8) is 0 Å². The van der Waals surface area contributed by atoms with E-state index in [-0.39, 0.29) is 17.7 Å². The van der Waals surface area contributed by atoms with Crippen LogP contribution in [-0.2, 0) is 11.2 Å². The van der Waals surface area contributed by atoms with Gasteiger partial charge in [-0.1, -0.05) is 36.0 Å². The van der Waals surface area contributed by atoms with Crippen molar-refractivity contribution in [3.8, 4) is 28.7 Å². The summed E-state index contributed by atoms with van der Waals surface area (Å²) in [5, 5.41) is 11.6. The van der Waals surface area contributed by atoms with Crippen LogP contribution in [0, 0.1) is 0 Å². The molecule has 1 unspecified atom stereocenters. The molecular formula is C23H25N3O5S. The summed E-state index contributed by atoms with van der Waals surface area (Å²) in [6, 6.07) is 11.8. The van der Waals surface area contributed by atoms with Crippen LogP contribution in [0.1, 0.15) is 30.0 Å². The molecule has 168 valence electrons. The second-order valence-electron chi connectivity index (χ2n) is 7.29. The monoisotopic (exact) mass is 455 g/mol. The minimum Gasteiger partial charge on any atom is -0.493 e. The molecule has 32 heavy (non-hydrogen) atoms. The number of aromatic nitrogens is 2. The van der Waals surface area contributed by atoms with Gasteiger partial charge in [0.15, 0.2) is 11.5 Å². The molecule has 0 spiro atoms. The zero-order valence-electron chi connectivity index (χ0n) is 18.2. The fraction of sp³-hybridized carbons (Fsp3) is 0.348. The summed E-state index contributed by atoms with van der Waals surface area (Å²) in [5.41, 5.74) is 3.14. The van der Waals surface area contributed by atoms with Crippen molar-refractivity contribution in [1.82, 2.24) is 15.5 Å². The lowest BCUT2D eigenvalue weighted by atomic mass is 9.88. The van der Waals surface area contributed by atoms with E-state index in [1.807, 2.05) is 12.1 Å². The number of methoxy groups -OCH3 is 3. The van der Waals surface area contributed by atoms with Gasteiger partial charge in [0.25, 0.3) is 5.22 Å².